The molecule has 0 amide bonds. The van der Waals surface area contributed by atoms with Crippen LogP contribution in [0.15, 0.2) is 18.2 Å². The van der Waals surface area contributed by atoms with E-state index < -0.39 is 12.0 Å². The van der Waals surface area contributed by atoms with Gasteiger partial charge in [0, 0.05) is 19.0 Å². The van der Waals surface area contributed by atoms with Gasteiger partial charge >= 0.3 is 0 Å². The van der Waals surface area contributed by atoms with Crippen LogP contribution in [0.2, 0.25) is 0 Å². The van der Waals surface area contributed by atoms with E-state index in [0.717, 1.165) is 6.92 Å². The van der Waals surface area contributed by atoms with Crippen molar-refractivity contribution in [3.8, 4) is 0 Å². The summed E-state index contributed by atoms with van der Waals surface area (Å²) >= 11 is 0. The first-order chi connectivity index (χ1) is 8.09. The third-order valence-electron chi connectivity index (χ3n) is 2.39. The number of rotatable bonds is 4. The predicted octanol–water partition coefficient (Wildman–Crippen LogP) is 2.61. The van der Waals surface area contributed by atoms with Crippen LogP contribution in [0.5, 0.6) is 0 Å². The van der Waals surface area contributed by atoms with Crippen molar-refractivity contribution in [3.05, 3.63) is 29.6 Å². The number of aromatic nitrogens is 1. The number of hydrogen-bond acceptors (Lipinski definition) is 3. The van der Waals surface area contributed by atoms with Gasteiger partial charge in [-0.2, -0.15) is 8.78 Å². The van der Waals surface area contributed by atoms with Crippen molar-refractivity contribution >= 4 is 0 Å². The molecule has 0 aliphatic carbocycles. The monoisotopic (exact) mass is 258 g/mol. The average molecular weight is 258 g/mol. The molecular formula is C13H20F2N2O. The van der Waals surface area contributed by atoms with Crippen molar-refractivity contribution in [1.82, 2.24) is 10.3 Å². The Kier molecular flexibility index (Phi) is 4.40. The van der Waals surface area contributed by atoms with Crippen molar-refractivity contribution in [3.63, 3.8) is 0 Å². The van der Waals surface area contributed by atoms with Crippen LogP contribution >= 0.6 is 0 Å². The summed E-state index contributed by atoms with van der Waals surface area (Å²) in [7, 11) is 0. The molecule has 1 heterocycles. The van der Waals surface area contributed by atoms with Gasteiger partial charge in [-0.25, -0.2) is 4.98 Å². The Morgan fingerprint density at radius 3 is 2.39 bits per heavy atom. The molecule has 0 aliphatic heterocycles. The highest BCUT2D eigenvalue weighted by molar-refractivity contribution is 5.16. The van der Waals surface area contributed by atoms with Crippen molar-refractivity contribution in [2.75, 3.05) is 6.54 Å². The molecule has 2 N–H and O–H groups in total. The third kappa shape index (κ3) is 4.66. The fourth-order valence-corrected chi connectivity index (χ4v) is 1.39. The van der Waals surface area contributed by atoms with E-state index in [2.05, 4.69) is 10.3 Å². The smallest absolute Gasteiger partial charge is 0.286 e. The fourth-order valence-electron chi connectivity index (χ4n) is 1.39. The summed E-state index contributed by atoms with van der Waals surface area (Å²) in [6, 6.07) is 4.28. The summed E-state index contributed by atoms with van der Waals surface area (Å²) in [6.07, 6.45) is -0.897. The van der Waals surface area contributed by atoms with Gasteiger partial charge in [0.05, 0.1) is 5.69 Å². The molecule has 1 rings (SSSR count). The highest BCUT2D eigenvalue weighted by Crippen LogP contribution is 2.26. The molecule has 1 atom stereocenters. The number of nitrogens with zero attached hydrogens (tertiary/aromatic N) is 1. The van der Waals surface area contributed by atoms with E-state index >= 15 is 0 Å². The molecule has 0 radical (unpaired) electrons. The zero-order chi connectivity index (χ0) is 14.0. The van der Waals surface area contributed by atoms with E-state index in [1.807, 2.05) is 20.8 Å². The van der Waals surface area contributed by atoms with Crippen molar-refractivity contribution < 1.29 is 13.9 Å². The molecule has 5 heteroatoms. The van der Waals surface area contributed by atoms with Crippen LogP contribution in [0, 0.1) is 0 Å². The highest BCUT2D eigenvalue weighted by Gasteiger charge is 2.27. The van der Waals surface area contributed by atoms with Gasteiger partial charge in [-0.15, -0.1) is 0 Å². The maximum atomic E-state index is 13.1. The molecule has 0 spiro atoms. The van der Waals surface area contributed by atoms with Gasteiger partial charge in [-0.05, 0) is 32.9 Å². The van der Waals surface area contributed by atoms with Crippen molar-refractivity contribution in [1.29, 1.82) is 0 Å². The lowest BCUT2D eigenvalue weighted by molar-refractivity contribution is 0.0120. The summed E-state index contributed by atoms with van der Waals surface area (Å²) in [5.41, 5.74) is -0.214. The molecule has 0 saturated heterocycles. The normalized spacial score (nSPS) is 14.6. The largest absolute Gasteiger partial charge is 0.385 e. The molecule has 0 unspecified atom stereocenters. The first kappa shape index (κ1) is 15.0. The molecule has 1 aromatic heterocycles. The Bertz CT molecular complexity index is 397. The lowest BCUT2D eigenvalue weighted by atomic mass is 10.1. The highest BCUT2D eigenvalue weighted by atomic mass is 19.3. The molecule has 102 valence electrons. The standard InChI is InChI=1S/C13H20F2N2O/c1-12(2,3)16-8-10(18)9-6-5-7-11(17-9)13(4,14)15/h5-7,10,16,18H,8H2,1-4H3/t10-/m1/s1. The van der Waals surface area contributed by atoms with E-state index in [1.54, 1.807) is 6.07 Å². The second-order valence-electron chi connectivity index (χ2n) is 5.48. The molecule has 0 fully saturated rings. The van der Waals surface area contributed by atoms with E-state index in [1.165, 1.54) is 12.1 Å². The number of nitrogens with one attached hydrogen (secondary N) is 1. The summed E-state index contributed by atoms with van der Waals surface area (Å²) < 4.78 is 26.2. The summed E-state index contributed by atoms with van der Waals surface area (Å²) in [5.74, 6) is -2.99. The summed E-state index contributed by atoms with van der Waals surface area (Å²) in [6.45, 7) is 6.95. The van der Waals surface area contributed by atoms with Gasteiger partial charge in [-0.3, -0.25) is 0 Å². The van der Waals surface area contributed by atoms with E-state index in [0.29, 0.717) is 0 Å². The third-order valence-corrected chi connectivity index (χ3v) is 2.39. The molecule has 0 aliphatic rings. The van der Waals surface area contributed by atoms with Crippen LogP contribution in [0.1, 0.15) is 45.2 Å². The maximum Gasteiger partial charge on any atom is 0.286 e. The first-order valence-electron chi connectivity index (χ1n) is 5.88. The predicted molar refractivity (Wildman–Crippen MR) is 66.5 cm³/mol. The minimum atomic E-state index is -2.99. The SMILES string of the molecule is CC(C)(C)NC[C@@H](O)c1cccc(C(C)(F)F)n1. The Labute approximate surface area is 106 Å². The lowest BCUT2D eigenvalue weighted by Gasteiger charge is -2.23. The van der Waals surface area contributed by atoms with Crippen LogP contribution < -0.4 is 5.32 Å². The van der Waals surface area contributed by atoms with E-state index in [4.69, 9.17) is 0 Å². The van der Waals surface area contributed by atoms with Crippen LogP contribution in [-0.4, -0.2) is 22.2 Å². The van der Waals surface area contributed by atoms with Crippen LogP contribution in [0.25, 0.3) is 0 Å². The molecule has 0 aromatic carbocycles. The van der Waals surface area contributed by atoms with Gasteiger partial charge in [0.25, 0.3) is 5.92 Å². The number of pyridine rings is 1. The van der Waals surface area contributed by atoms with E-state index in [9.17, 15) is 13.9 Å². The van der Waals surface area contributed by atoms with Crippen molar-refractivity contribution in [2.24, 2.45) is 0 Å². The second kappa shape index (κ2) is 5.28. The molecular weight excluding hydrogens is 238 g/mol. The molecule has 0 saturated carbocycles. The minimum absolute atomic E-state index is 0.146. The number of halogens is 2. The summed E-state index contributed by atoms with van der Waals surface area (Å²) in [4.78, 5) is 3.80. The topological polar surface area (TPSA) is 45.1 Å². The van der Waals surface area contributed by atoms with Crippen LogP contribution in [0.4, 0.5) is 8.78 Å². The Hall–Kier alpha value is -1.07. The molecule has 3 nitrogen and oxygen atoms in total. The Balaban J connectivity index is 2.78. The second-order valence-corrected chi connectivity index (χ2v) is 5.48. The zero-order valence-electron chi connectivity index (χ0n) is 11.2. The number of hydrogen-bond donors (Lipinski definition) is 2. The number of aliphatic hydroxyl groups is 1. The molecule has 0 bridgehead atoms. The number of alkyl halides is 2. The van der Waals surface area contributed by atoms with Gasteiger partial charge < -0.3 is 10.4 Å². The number of aliphatic hydroxyl groups excluding tert-OH is 1. The quantitative estimate of drug-likeness (QED) is 0.872. The van der Waals surface area contributed by atoms with Crippen LogP contribution in [-0.2, 0) is 5.92 Å². The van der Waals surface area contributed by atoms with Gasteiger partial charge in [0.1, 0.15) is 11.8 Å². The Morgan fingerprint density at radius 1 is 1.28 bits per heavy atom. The molecule has 18 heavy (non-hydrogen) atoms. The van der Waals surface area contributed by atoms with Gasteiger partial charge in [0.2, 0.25) is 0 Å². The minimum Gasteiger partial charge on any atom is -0.385 e. The van der Waals surface area contributed by atoms with Gasteiger partial charge in [0.15, 0.2) is 0 Å². The van der Waals surface area contributed by atoms with Crippen LogP contribution in [0.3, 0.4) is 0 Å². The van der Waals surface area contributed by atoms with E-state index in [-0.39, 0.29) is 23.5 Å². The summed E-state index contributed by atoms with van der Waals surface area (Å²) in [5, 5.41) is 13.0. The first-order valence-corrected chi connectivity index (χ1v) is 5.88. The lowest BCUT2D eigenvalue weighted by Crippen LogP contribution is -2.38. The average Bonchev–Trinajstić information content (AvgIpc) is 2.24. The number of β-amino-alcohol motifs (C(OH)–C–C–N with tert-alkyl or cyclic N) is 1. The fraction of sp³-hybridized carbons (Fsp3) is 0.615. The molecule has 1 aromatic rings. The van der Waals surface area contributed by atoms with Gasteiger partial charge in [-0.1, -0.05) is 6.07 Å². The zero-order valence-corrected chi connectivity index (χ0v) is 11.2. The Morgan fingerprint density at radius 2 is 1.89 bits per heavy atom. The van der Waals surface area contributed by atoms with Crippen molar-refractivity contribution in [2.45, 2.75) is 45.3 Å². The maximum absolute atomic E-state index is 13.1.